The molecular formula is C21H35N2O2+. The summed E-state index contributed by atoms with van der Waals surface area (Å²) in [5.41, 5.74) is 2.19. The average molecular weight is 348 g/mol. The summed E-state index contributed by atoms with van der Waals surface area (Å²) in [7, 11) is 0. The molecule has 0 amide bonds. The van der Waals surface area contributed by atoms with Crippen LogP contribution in [0, 0.1) is 0 Å². The summed E-state index contributed by atoms with van der Waals surface area (Å²) in [5, 5.41) is 10.1. The lowest BCUT2D eigenvalue weighted by atomic mass is 10.1. The van der Waals surface area contributed by atoms with Crippen molar-refractivity contribution in [1.29, 1.82) is 0 Å². The van der Waals surface area contributed by atoms with Crippen molar-refractivity contribution in [3.8, 4) is 0 Å². The highest BCUT2D eigenvalue weighted by Crippen LogP contribution is 2.11. The van der Waals surface area contributed by atoms with E-state index < -0.39 is 0 Å². The van der Waals surface area contributed by atoms with Crippen LogP contribution in [0.1, 0.15) is 64.4 Å². The molecule has 1 heterocycles. The molecule has 0 radical (unpaired) electrons. The number of piperidine rings is 1. The van der Waals surface area contributed by atoms with E-state index in [2.05, 4.69) is 28.9 Å². The molecule has 140 valence electrons. The maximum atomic E-state index is 10.1. The zero-order chi connectivity index (χ0) is 17.9. The minimum absolute atomic E-state index is 0.0252. The molecule has 1 aromatic carbocycles. The Hall–Kier alpha value is -1.55. The Balaban J connectivity index is 1.81. The lowest BCUT2D eigenvalue weighted by Crippen LogP contribution is -2.67. The van der Waals surface area contributed by atoms with Gasteiger partial charge in [-0.05, 0) is 51.3 Å². The summed E-state index contributed by atoms with van der Waals surface area (Å²) in [6.45, 7) is 7.39. The highest BCUT2D eigenvalue weighted by molar-refractivity contribution is 5.59. The lowest BCUT2D eigenvalue weighted by molar-refractivity contribution is -0.383. The molecule has 4 nitrogen and oxygen atoms in total. The van der Waals surface area contributed by atoms with Crippen LogP contribution < -0.4 is 4.99 Å². The van der Waals surface area contributed by atoms with Crippen LogP contribution in [0.3, 0.4) is 0 Å². The highest BCUT2D eigenvalue weighted by Gasteiger charge is 2.17. The van der Waals surface area contributed by atoms with Gasteiger partial charge < -0.3 is 9.84 Å². The number of nitrogens with one attached hydrogen (secondary N) is 1. The van der Waals surface area contributed by atoms with Gasteiger partial charge in [0, 0.05) is 18.7 Å². The van der Waals surface area contributed by atoms with Crippen molar-refractivity contribution in [2.45, 2.75) is 71.3 Å². The van der Waals surface area contributed by atoms with Crippen LogP contribution in [0.2, 0.25) is 0 Å². The molecule has 0 unspecified atom stereocenters. The van der Waals surface area contributed by atoms with E-state index in [1.165, 1.54) is 50.5 Å². The van der Waals surface area contributed by atoms with Crippen LogP contribution >= 0.6 is 0 Å². The molecule has 4 heteroatoms. The van der Waals surface area contributed by atoms with Crippen LogP contribution in [0.25, 0.3) is 0 Å². The van der Waals surface area contributed by atoms with Gasteiger partial charge in [-0.25, -0.2) is 0 Å². The second kappa shape index (κ2) is 11.1. The van der Waals surface area contributed by atoms with Crippen LogP contribution in [-0.2, 0) is 11.2 Å². The predicted octanol–water partition coefficient (Wildman–Crippen LogP) is 3.33. The summed E-state index contributed by atoms with van der Waals surface area (Å²) in [6, 6.07) is 8.24. The van der Waals surface area contributed by atoms with Gasteiger partial charge in [0.25, 0.3) is 0 Å². The predicted molar refractivity (Wildman–Crippen MR) is 103 cm³/mol. The van der Waals surface area contributed by atoms with Crippen LogP contribution in [0.4, 0.5) is 5.69 Å². The van der Waals surface area contributed by atoms with Crippen molar-refractivity contribution in [3.63, 3.8) is 0 Å². The van der Waals surface area contributed by atoms with Crippen molar-refractivity contribution in [3.05, 3.63) is 29.8 Å². The van der Waals surface area contributed by atoms with Gasteiger partial charge in [0.15, 0.2) is 0 Å². The lowest BCUT2D eigenvalue weighted by Gasteiger charge is -2.28. The Morgan fingerprint density at radius 1 is 1.20 bits per heavy atom. The topological polar surface area (TPSA) is 46.7 Å². The fraction of sp³-hybridized carbons (Fsp3) is 0.667. The maximum Gasteiger partial charge on any atom is 0.551 e. The van der Waals surface area contributed by atoms with Gasteiger partial charge in [0.1, 0.15) is 6.10 Å². The van der Waals surface area contributed by atoms with Gasteiger partial charge in [-0.1, -0.05) is 44.7 Å². The van der Waals surface area contributed by atoms with Gasteiger partial charge >= 0.3 is 6.08 Å². The van der Waals surface area contributed by atoms with Gasteiger partial charge in [-0.2, -0.15) is 0 Å². The van der Waals surface area contributed by atoms with Crippen LogP contribution in [0.15, 0.2) is 24.3 Å². The molecule has 0 aromatic heterocycles. The molecule has 1 saturated heterocycles. The number of aryl methyl sites for hydroxylation is 1. The number of aliphatic hydroxyl groups is 1. The summed E-state index contributed by atoms with van der Waals surface area (Å²) < 4.78 is 5.63. The Kier molecular flexibility index (Phi) is 8.81. The molecule has 25 heavy (non-hydrogen) atoms. The van der Waals surface area contributed by atoms with Gasteiger partial charge in [-0.3, -0.25) is 4.90 Å². The Bertz CT molecular complexity index is 524. The molecule has 0 saturated carbocycles. The molecule has 1 aromatic rings. The van der Waals surface area contributed by atoms with Gasteiger partial charge in [-0.15, -0.1) is 4.99 Å². The number of nitrogens with zero attached hydrogens (tertiary/aromatic N) is 1. The SMILES string of the molecule is CCCCCCc1cccc([NH+]=C(O)O[C@H](C)CN2CCCCC2)c1. The number of aliphatic hydroxyl groups excluding tert-OH is 1. The molecular weight excluding hydrogens is 312 g/mol. The molecule has 0 spiro atoms. The minimum atomic E-state index is -0.104. The molecule has 1 atom stereocenters. The van der Waals surface area contributed by atoms with Crippen LogP contribution in [-0.4, -0.2) is 41.8 Å². The molecule has 2 rings (SSSR count). The molecule has 1 aliphatic heterocycles. The second-order valence-electron chi connectivity index (χ2n) is 7.23. The first-order valence-corrected chi connectivity index (χ1v) is 9.98. The first kappa shape index (κ1) is 19.8. The van der Waals surface area contributed by atoms with E-state index in [1.807, 2.05) is 19.1 Å². The number of unbranched alkanes of at least 4 members (excludes halogenated alkanes) is 3. The molecule has 2 N–H and O–H groups in total. The summed E-state index contributed by atoms with van der Waals surface area (Å²) >= 11 is 0. The van der Waals surface area contributed by atoms with E-state index in [9.17, 15) is 5.11 Å². The Morgan fingerprint density at radius 3 is 2.76 bits per heavy atom. The van der Waals surface area contributed by atoms with E-state index in [4.69, 9.17) is 4.74 Å². The summed E-state index contributed by atoms with van der Waals surface area (Å²) in [4.78, 5) is 5.40. The summed E-state index contributed by atoms with van der Waals surface area (Å²) in [6.07, 6.45) is 9.89. The maximum absolute atomic E-state index is 10.1. The number of rotatable bonds is 9. The van der Waals surface area contributed by atoms with E-state index in [1.54, 1.807) is 0 Å². The Morgan fingerprint density at radius 2 is 2.00 bits per heavy atom. The first-order chi connectivity index (χ1) is 12.2. The van der Waals surface area contributed by atoms with Crippen molar-refractivity contribution < 1.29 is 14.8 Å². The van der Waals surface area contributed by atoms with E-state index in [0.29, 0.717) is 0 Å². The quantitative estimate of drug-likeness (QED) is 0.409. The van der Waals surface area contributed by atoms with Crippen LogP contribution in [0.5, 0.6) is 0 Å². The molecule has 0 bridgehead atoms. The smallest absolute Gasteiger partial charge is 0.430 e. The fourth-order valence-corrected chi connectivity index (χ4v) is 3.45. The molecule has 1 aliphatic rings. The van der Waals surface area contributed by atoms with Gasteiger partial charge in [0.2, 0.25) is 5.69 Å². The Labute approximate surface area is 152 Å². The minimum Gasteiger partial charge on any atom is -0.430 e. The van der Waals surface area contributed by atoms with E-state index in [0.717, 1.165) is 31.7 Å². The van der Waals surface area contributed by atoms with E-state index in [-0.39, 0.29) is 12.2 Å². The fourth-order valence-electron chi connectivity index (χ4n) is 3.45. The highest BCUT2D eigenvalue weighted by atomic mass is 16.6. The number of benzene rings is 1. The third kappa shape index (κ3) is 7.91. The largest absolute Gasteiger partial charge is 0.551 e. The third-order valence-corrected chi connectivity index (χ3v) is 4.77. The average Bonchev–Trinajstić information content (AvgIpc) is 2.59. The normalized spacial score (nSPS) is 17.4. The molecule has 0 aliphatic carbocycles. The monoisotopic (exact) mass is 347 g/mol. The molecule has 1 fully saturated rings. The van der Waals surface area contributed by atoms with Crippen molar-refractivity contribution >= 4 is 11.8 Å². The standard InChI is InChI=1S/C21H34N2O2/c1-3-4-5-7-11-19-12-10-13-20(16-19)22-21(24)25-18(2)17-23-14-8-6-9-15-23/h10,12-13,16,18H,3-9,11,14-15,17H2,1-2H3,(H,22,24)/p+1/t18-/m1/s1. The number of hydrogen-bond acceptors (Lipinski definition) is 2. The first-order valence-electron chi connectivity index (χ1n) is 9.98. The third-order valence-electron chi connectivity index (χ3n) is 4.77. The number of hydrogen-bond donors (Lipinski definition) is 2. The van der Waals surface area contributed by atoms with Crippen molar-refractivity contribution in [2.75, 3.05) is 19.6 Å². The van der Waals surface area contributed by atoms with E-state index >= 15 is 0 Å². The second-order valence-corrected chi connectivity index (χ2v) is 7.23. The summed E-state index contributed by atoms with van der Waals surface area (Å²) in [5.74, 6) is 0. The zero-order valence-electron chi connectivity index (χ0n) is 16.0. The number of ether oxygens (including phenoxy) is 1. The zero-order valence-corrected chi connectivity index (χ0v) is 16.0. The van der Waals surface area contributed by atoms with Gasteiger partial charge in [0.05, 0.1) is 0 Å². The number of likely N-dealkylation sites (tertiary alicyclic amines) is 1. The van der Waals surface area contributed by atoms with Crippen molar-refractivity contribution in [1.82, 2.24) is 4.90 Å². The van der Waals surface area contributed by atoms with Crippen molar-refractivity contribution in [2.24, 2.45) is 0 Å².